The van der Waals surface area contributed by atoms with Crippen LogP contribution in [0.4, 0.5) is 0 Å². The third kappa shape index (κ3) is 2.42. The number of aliphatic hydroxyl groups is 3. The molecule has 14 heavy (non-hydrogen) atoms. The second-order valence-corrected chi connectivity index (χ2v) is 3.34. The van der Waals surface area contributed by atoms with E-state index in [2.05, 4.69) is 5.32 Å². The summed E-state index contributed by atoms with van der Waals surface area (Å²) in [6.07, 6.45) is -3.06. The average Bonchev–Trinajstić information content (AvgIpc) is 2.13. The highest BCUT2D eigenvalue weighted by Crippen LogP contribution is 2.14. The summed E-state index contributed by atoms with van der Waals surface area (Å²) in [7, 11) is 0. The number of ether oxygens (including phenoxy) is 1. The third-order valence-corrected chi connectivity index (χ3v) is 2.20. The van der Waals surface area contributed by atoms with Crippen molar-refractivity contribution < 1.29 is 24.9 Å². The summed E-state index contributed by atoms with van der Waals surface area (Å²) in [4.78, 5) is 10.7. The summed E-state index contributed by atoms with van der Waals surface area (Å²) in [6, 6.07) is -0.620. The van der Waals surface area contributed by atoms with Crippen LogP contribution in [0.1, 0.15) is 6.92 Å². The van der Waals surface area contributed by atoms with E-state index in [1.807, 2.05) is 0 Å². The van der Waals surface area contributed by atoms with Gasteiger partial charge in [0.25, 0.3) is 0 Å². The van der Waals surface area contributed by atoms with Crippen LogP contribution in [-0.4, -0.2) is 58.8 Å². The minimum Gasteiger partial charge on any atom is -0.394 e. The van der Waals surface area contributed by atoms with Crippen LogP contribution in [0, 0.1) is 0 Å². The number of hydrogen-bond acceptors (Lipinski definition) is 5. The Labute approximate surface area is 81.5 Å². The Bertz CT molecular complexity index is 210. The Balaban J connectivity index is 2.54. The van der Waals surface area contributed by atoms with Gasteiger partial charge in [-0.05, 0) is 0 Å². The Morgan fingerprint density at radius 2 is 2.14 bits per heavy atom. The molecule has 0 bridgehead atoms. The highest BCUT2D eigenvalue weighted by Gasteiger charge is 2.38. The zero-order chi connectivity index (χ0) is 10.7. The van der Waals surface area contributed by atoms with Crippen LogP contribution >= 0.6 is 0 Å². The van der Waals surface area contributed by atoms with Crippen molar-refractivity contribution in [1.82, 2.24) is 5.32 Å². The lowest BCUT2D eigenvalue weighted by Gasteiger charge is -2.36. The average molecular weight is 205 g/mol. The van der Waals surface area contributed by atoms with Gasteiger partial charge in [-0.2, -0.15) is 0 Å². The molecule has 0 saturated carbocycles. The van der Waals surface area contributed by atoms with Crippen molar-refractivity contribution in [2.45, 2.75) is 31.3 Å². The highest BCUT2D eigenvalue weighted by molar-refractivity contribution is 5.73. The van der Waals surface area contributed by atoms with Gasteiger partial charge in [0.05, 0.1) is 19.3 Å². The lowest BCUT2D eigenvalue weighted by molar-refractivity contribution is -0.164. The minimum absolute atomic E-state index is 0.0863. The molecule has 0 aromatic carbocycles. The van der Waals surface area contributed by atoms with Crippen LogP contribution in [0.3, 0.4) is 0 Å². The van der Waals surface area contributed by atoms with Crippen molar-refractivity contribution in [3.8, 4) is 0 Å². The van der Waals surface area contributed by atoms with Crippen molar-refractivity contribution in [2.24, 2.45) is 0 Å². The predicted octanol–water partition coefficient (Wildman–Crippen LogP) is -2.40. The molecule has 1 rings (SSSR count). The summed E-state index contributed by atoms with van der Waals surface area (Å²) in [5.74, 6) is -0.299. The predicted molar refractivity (Wildman–Crippen MR) is 46.4 cm³/mol. The van der Waals surface area contributed by atoms with E-state index in [1.54, 1.807) is 0 Å². The van der Waals surface area contributed by atoms with E-state index < -0.39 is 24.4 Å². The number of aliphatic hydroxyl groups excluding tert-OH is 3. The van der Waals surface area contributed by atoms with Crippen molar-refractivity contribution in [3.05, 3.63) is 0 Å². The monoisotopic (exact) mass is 205 g/mol. The first-order valence-corrected chi connectivity index (χ1v) is 4.42. The summed E-state index contributed by atoms with van der Waals surface area (Å²) >= 11 is 0. The molecule has 0 spiro atoms. The maximum Gasteiger partial charge on any atom is 0.217 e. The van der Waals surface area contributed by atoms with E-state index in [9.17, 15) is 15.0 Å². The van der Waals surface area contributed by atoms with Gasteiger partial charge in [0.2, 0.25) is 5.91 Å². The van der Waals surface area contributed by atoms with Crippen molar-refractivity contribution in [3.63, 3.8) is 0 Å². The normalized spacial score (nSPS) is 38.0. The Hall–Kier alpha value is -0.690. The molecule has 0 aromatic heterocycles. The van der Waals surface area contributed by atoms with E-state index in [0.29, 0.717) is 0 Å². The molecule has 0 aromatic rings. The van der Waals surface area contributed by atoms with Crippen LogP contribution in [0.2, 0.25) is 0 Å². The van der Waals surface area contributed by atoms with Crippen molar-refractivity contribution in [2.75, 3.05) is 13.2 Å². The molecular weight excluding hydrogens is 190 g/mol. The second-order valence-electron chi connectivity index (χ2n) is 3.34. The largest absolute Gasteiger partial charge is 0.394 e. The summed E-state index contributed by atoms with van der Waals surface area (Å²) in [6.45, 7) is 1.05. The fourth-order valence-electron chi connectivity index (χ4n) is 1.43. The molecule has 1 saturated heterocycles. The molecule has 0 radical (unpaired) electrons. The molecule has 6 heteroatoms. The van der Waals surface area contributed by atoms with E-state index in [1.165, 1.54) is 6.92 Å². The molecule has 0 unspecified atom stereocenters. The maximum absolute atomic E-state index is 10.7. The number of amides is 1. The van der Waals surface area contributed by atoms with Gasteiger partial charge in [-0.15, -0.1) is 0 Å². The molecule has 1 heterocycles. The van der Waals surface area contributed by atoms with E-state index in [4.69, 9.17) is 9.84 Å². The van der Waals surface area contributed by atoms with Crippen LogP contribution in [0.15, 0.2) is 0 Å². The smallest absolute Gasteiger partial charge is 0.217 e. The van der Waals surface area contributed by atoms with Gasteiger partial charge in [0.1, 0.15) is 18.3 Å². The van der Waals surface area contributed by atoms with Crippen molar-refractivity contribution >= 4 is 5.91 Å². The second kappa shape index (κ2) is 4.70. The van der Waals surface area contributed by atoms with Crippen LogP contribution in [0.5, 0.6) is 0 Å². The number of carbonyl (C=O) groups excluding carboxylic acids is 1. The molecule has 1 aliphatic rings. The lowest BCUT2D eigenvalue weighted by atomic mass is 9.98. The molecule has 1 fully saturated rings. The van der Waals surface area contributed by atoms with Gasteiger partial charge in [-0.25, -0.2) is 0 Å². The number of rotatable bonds is 2. The molecule has 4 N–H and O–H groups in total. The zero-order valence-corrected chi connectivity index (χ0v) is 7.88. The Morgan fingerprint density at radius 3 is 2.64 bits per heavy atom. The first kappa shape index (κ1) is 11.4. The standard InChI is InChI=1S/C8H15NO5/c1-4(11)9-5-3-14-6(2-10)8(13)7(5)12/h5-8,10,12-13H,2-3H2,1H3,(H,9,11)/t5-,6+,7-,8+/m0/s1. The maximum atomic E-state index is 10.7. The zero-order valence-electron chi connectivity index (χ0n) is 7.88. The van der Waals surface area contributed by atoms with Gasteiger partial charge in [0.15, 0.2) is 0 Å². The third-order valence-electron chi connectivity index (χ3n) is 2.20. The Kier molecular flexibility index (Phi) is 3.82. The summed E-state index contributed by atoms with van der Waals surface area (Å²) < 4.78 is 5.05. The first-order chi connectivity index (χ1) is 6.56. The molecule has 0 aliphatic carbocycles. The van der Waals surface area contributed by atoms with Crippen LogP contribution < -0.4 is 5.32 Å². The molecule has 6 nitrogen and oxygen atoms in total. The fourth-order valence-corrected chi connectivity index (χ4v) is 1.43. The molecule has 4 atom stereocenters. The van der Waals surface area contributed by atoms with Gasteiger partial charge in [-0.3, -0.25) is 4.79 Å². The summed E-state index contributed by atoms with van der Waals surface area (Å²) in [5.41, 5.74) is 0. The molecule has 1 amide bonds. The van der Waals surface area contributed by atoms with Gasteiger partial charge < -0.3 is 25.4 Å². The summed E-state index contributed by atoms with van der Waals surface area (Å²) in [5, 5.41) is 30.2. The highest BCUT2D eigenvalue weighted by atomic mass is 16.5. The van der Waals surface area contributed by atoms with Crippen molar-refractivity contribution in [1.29, 1.82) is 0 Å². The van der Waals surface area contributed by atoms with Crippen LogP contribution in [0.25, 0.3) is 0 Å². The van der Waals surface area contributed by atoms with Gasteiger partial charge in [-0.1, -0.05) is 0 Å². The van der Waals surface area contributed by atoms with E-state index in [-0.39, 0.29) is 19.1 Å². The molecular formula is C8H15NO5. The Morgan fingerprint density at radius 1 is 1.50 bits per heavy atom. The topological polar surface area (TPSA) is 99.0 Å². The molecule has 1 aliphatic heterocycles. The lowest BCUT2D eigenvalue weighted by Crippen LogP contribution is -2.59. The number of carbonyl (C=O) groups is 1. The minimum atomic E-state index is -1.18. The SMILES string of the molecule is CC(=O)N[C@H]1CO[C@H](CO)[C@@H](O)[C@H]1O. The first-order valence-electron chi connectivity index (χ1n) is 4.42. The van der Waals surface area contributed by atoms with Gasteiger partial charge >= 0.3 is 0 Å². The van der Waals surface area contributed by atoms with E-state index >= 15 is 0 Å². The van der Waals surface area contributed by atoms with E-state index in [0.717, 1.165) is 0 Å². The number of nitrogens with one attached hydrogen (secondary N) is 1. The molecule has 82 valence electrons. The quantitative estimate of drug-likeness (QED) is 0.403. The van der Waals surface area contributed by atoms with Gasteiger partial charge in [0, 0.05) is 6.92 Å². The number of hydrogen-bond donors (Lipinski definition) is 4. The fraction of sp³-hybridized carbons (Fsp3) is 0.875. The van der Waals surface area contributed by atoms with Crippen LogP contribution in [-0.2, 0) is 9.53 Å².